The number of rotatable bonds is 6. The summed E-state index contributed by atoms with van der Waals surface area (Å²) < 4.78 is 52.8. The summed E-state index contributed by atoms with van der Waals surface area (Å²) in [4.78, 5) is 7.87. The predicted molar refractivity (Wildman–Crippen MR) is 149 cm³/mol. The summed E-state index contributed by atoms with van der Waals surface area (Å²) in [7, 11) is -7.19. The van der Waals surface area contributed by atoms with Crippen molar-refractivity contribution in [2.75, 3.05) is 52.6 Å². The van der Waals surface area contributed by atoms with Crippen molar-refractivity contribution in [1.29, 1.82) is 0 Å². The average molecular weight is 573 g/mol. The molecule has 0 radical (unpaired) electrons. The van der Waals surface area contributed by atoms with E-state index < -0.39 is 32.4 Å². The van der Waals surface area contributed by atoms with Gasteiger partial charge in [0.1, 0.15) is 0 Å². The highest BCUT2D eigenvalue weighted by Crippen LogP contribution is 2.64. The van der Waals surface area contributed by atoms with Crippen LogP contribution in [0.3, 0.4) is 0 Å². The van der Waals surface area contributed by atoms with E-state index in [1.54, 1.807) is 0 Å². The molecule has 2 fully saturated rings. The van der Waals surface area contributed by atoms with E-state index in [1.165, 1.54) is 0 Å². The van der Waals surface area contributed by atoms with Crippen molar-refractivity contribution in [3.05, 3.63) is 97.7 Å². The number of nitrogens with zero attached hydrogens (tertiary/aromatic N) is 4. The third kappa shape index (κ3) is 5.42. The van der Waals surface area contributed by atoms with E-state index in [2.05, 4.69) is 0 Å². The molecule has 0 atom stereocenters. The van der Waals surface area contributed by atoms with Crippen LogP contribution in [0, 0.1) is 5.41 Å². The van der Waals surface area contributed by atoms with Gasteiger partial charge in [-0.1, -0.05) is 48.6 Å². The highest BCUT2D eigenvalue weighted by Gasteiger charge is 2.55. The Morgan fingerprint density at radius 2 is 0.769 bits per heavy atom. The lowest BCUT2D eigenvalue weighted by atomic mass is 9.93. The largest absolute Gasteiger partial charge is 0.373 e. The minimum atomic E-state index is -3.60. The van der Waals surface area contributed by atoms with Gasteiger partial charge in [0.05, 0.1) is 31.8 Å². The Balaban J connectivity index is 1.16. The van der Waals surface area contributed by atoms with Crippen LogP contribution in [-0.2, 0) is 27.2 Å². The molecule has 6 heterocycles. The highest BCUT2D eigenvalue weighted by molar-refractivity contribution is 7.55. The molecule has 0 N–H and O–H groups in total. The van der Waals surface area contributed by atoms with Crippen LogP contribution >= 0.6 is 15.2 Å². The summed E-state index contributed by atoms with van der Waals surface area (Å²) in [6.07, 6.45) is 31.1. The van der Waals surface area contributed by atoms with E-state index in [-0.39, 0.29) is 26.4 Å². The smallest absolute Gasteiger partial charge is 0.344 e. The Labute approximate surface area is 229 Å². The molecule has 0 aromatic carbocycles. The average Bonchev–Trinajstić information content (AvgIpc) is 2.99. The Bertz CT molecular complexity index is 1090. The fraction of sp³-hybridized carbons (Fsp3) is 0.407. The van der Waals surface area contributed by atoms with Crippen LogP contribution in [0.1, 0.15) is 0 Å². The van der Waals surface area contributed by atoms with E-state index >= 15 is 0 Å². The molecule has 208 valence electrons. The van der Waals surface area contributed by atoms with Crippen molar-refractivity contribution in [3.63, 3.8) is 0 Å². The molecule has 0 unspecified atom stereocenters. The van der Waals surface area contributed by atoms with Gasteiger partial charge in [0, 0.05) is 51.0 Å². The number of hydrogen-bond acceptors (Lipinski definition) is 10. The van der Waals surface area contributed by atoms with Crippen LogP contribution < -0.4 is 0 Å². The second kappa shape index (κ2) is 11.1. The summed E-state index contributed by atoms with van der Waals surface area (Å²) >= 11 is 0. The van der Waals surface area contributed by atoms with Crippen LogP contribution in [-0.4, -0.2) is 84.0 Å². The van der Waals surface area contributed by atoms with Gasteiger partial charge in [0.25, 0.3) is 0 Å². The molecule has 6 aliphatic heterocycles. The lowest BCUT2D eigenvalue weighted by Crippen LogP contribution is -2.52. The fourth-order valence-corrected chi connectivity index (χ4v) is 9.86. The minimum absolute atomic E-state index is 0.116. The maximum atomic E-state index is 14.2. The van der Waals surface area contributed by atoms with Crippen LogP contribution in [0.5, 0.6) is 0 Å². The van der Waals surface area contributed by atoms with Gasteiger partial charge in [-0.25, -0.2) is 0 Å². The molecular formula is C27H34N4O6P2. The van der Waals surface area contributed by atoms with Gasteiger partial charge in [-0.15, -0.1) is 0 Å². The molecule has 6 rings (SSSR count). The molecule has 0 saturated carbocycles. The van der Waals surface area contributed by atoms with Gasteiger partial charge in [-0.2, -0.15) is 0 Å². The first kappa shape index (κ1) is 26.6. The molecule has 0 aromatic heterocycles. The Morgan fingerprint density at radius 1 is 0.487 bits per heavy atom. The second-order valence-corrected chi connectivity index (χ2v) is 14.3. The summed E-state index contributed by atoms with van der Waals surface area (Å²) in [6.45, 7) is 2.83. The van der Waals surface area contributed by atoms with Gasteiger partial charge in [-0.05, 0) is 24.3 Å². The van der Waals surface area contributed by atoms with Crippen molar-refractivity contribution in [2.45, 2.75) is 11.8 Å². The van der Waals surface area contributed by atoms with Crippen LogP contribution in [0.2, 0.25) is 0 Å². The van der Waals surface area contributed by atoms with Gasteiger partial charge >= 0.3 is 15.2 Å². The summed E-state index contributed by atoms with van der Waals surface area (Å²) in [5.74, 6) is -1.23. The Kier molecular flexibility index (Phi) is 7.60. The maximum Gasteiger partial charge on any atom is 0.373 e. The van der Waals surface area contributed by atoms with Crippen molar-refractivity contribution in [2.24, 2.45) is 5.41 Å². The minimum Gasteiger partial charge on any atom is -0.344 e. The number of hydrogen-bond donors (Lipinski definition) is 0. The quantitative estimate of drug-likeness (QED) is 0.423. The highest BCUT2D eigenvalue weighted by atomic mass is 31.2. The van der Waals surface area contributed by atoms with Crippen molar-refractivity contribution in [1.82, 2.24) is 19.6 Å². The Morgan fingerprint density at radius 3 is 1.00 bits per heavy atom. The first-order chi connectivity index (χ1) is 19.0. The van der Waals surface area contributed by atoms with Gasteiger partial charge in [0.2, 0.25) is 11.8 Å². The van der Waals surface area contributed by atoms with Gasteiger partial charge in [0.15, 0.2) is 0 Å². The van der Waals surface area contributed by atoms with Gasteiger partial charge < -0.3 is 37.7 Å². The molecule has 0 aromatic rings. The van der Waals surface area contributed by atoms with Gasteiger partial charge in [-0.3, -0.25) is 9.13 Å². The molecule has 39 heavy (non-hydrogen) atoms. The molecule has 10 nitrogen and oxygen atoms in total. The molecule has 12 heteroatoms. The summed E-state index contributed by atoms with van der Waals surface area (Å²) in [5.41, 5.74) is -0.707. The van der Waals surface area contributed by atoms with Crippen molar-refractivity contribution < 1.29 is 27.2 Å². The molecule has 6 aliphatic rings. The molecule has 1 spiro atoms. The van der Waals surface area contributed by atoms with Crippen LogP contribution in [0.4, 0.5) is 0 Å². The van der Waals surface area contributed by atoms with Crippen molar-refractivity contribution in [3.8, 4) is 0 Å². The van der Waals surface area contributed by atoms with E-state index in [1.807, 2.05) is 117 Å². The lowest BCUT2D eigenvalue weighted by molar-refractivity contribution is -0.0801. The first-order valence-corrected chi connectivity index (χ1v) is 16.4. The molecular weight excluding hydrogens is 538 g/mol. The SMILES string of the molecule is O=P1(C(N2C=CC=CC2)N2C=CC=CC2)OCC2(CO1)COP(=O)(C(N1C=CC=CC1)N1C=CC=CC1)OC2. The van der Waals surface area contributed by atoms with E-state index in [9.17, 15) is 9.13 Å². The van der Waals surface area contributed by atoms with Crippen LogP contribution in [0.15, 0.2) is 97.7 Å². The fourth-order valence-electron chi connectivity index (χ4n) is 5.22. The normalized spacial score (nSPS) is 33.9. The van der Waals surface area contributed by atoms with Crippen LogP contribution in [0.25, 0.3) is 0 Å². The van der Waals surface area contributed by atoms with Crippen molar-refractivity contribution >= 4 is 15.2 Å². The predicted octanol–water partition coefficient (Wildman–Crippen LogP) is 4.56. The van der Waals surface area contributed by atoms with E-state index in [0.29, 0.717) is 26.2 Å². The Hall–Kier alpha value is -2.58. The lowest BCUT2D eigenvalue weighted by Gasteiger charge is -2.49. The summed E-state index contributed by atoms with van der Waals surface area (Å²) in [5, 5.41) is 0. The third-order valence-electron chi connectivity index (χ3n) is 7.32. The monoisotopic (exact) mass is 572 g/mol. The second-order valence-electron chi connectivity index (χ2n) is 10.2. The standard InChI is InChI=1S/C27H34N4O6P2/c32-38(25(28-13-5-1-6-14-28)29-15-7-2-8-16-29)34-21-27(22-35-38)23-36-39(33,37-24-27)26(30-17-9-3-10-18-30)31-19-11-4-12-20-31/h1-13,15,17,19,25-26H,14,16,18,20-24H2. The molecule has 0 aliphatic carbocycles. The third-order valence-corrected chi connectivity index (χ3v) is 11.6. The molecule has 2 saturated heterocycles. The zero-order valence-electron chi connectivity index (χ0n) is 21.7. The van der Waals surface area contributed by atoms with E-state index in [0.717, 1.165) is 0 Å². The molecule has 0 bridgehead atoms. The van der Waals surface area contributed by atoms with E-state index in [4.69, 9.17) is 18.1 Å². The number of allylic oxidation sites excluding steroid dienone is 8. The molecule has 0 amide bonds. The summed E-state index contributed by atoms with van der Waals surface area (Å²) in [6, 6.07) is 0. The zero-order valence-corrected chi connectivity index (χ0v) is 23.5. The first-order valence-electron chi connectivity index (χ1n) is 13.1. The zero-order chi connectivity index (χ0) is 26.8. The topological polar surface area (TPSA) is 84.0 Å². The maximum absolute atomic E-state index is 14.2.